The van der Waals surface area contributed by atoms with Crippen LogP contribution < -0.4 is 47.3 Å². The number of esters is 1. The number of rotatable bonds is 23. The standard InChI is InChI=1S/C59H78Br2ClN9O15/c1-32(2)50(69-47(72)17-10-9-11-23-83-54(76)37(30-60)31-61)53(75)67-40(15-13-22-64-55(63)77)52(74)68-46-21-18-36-27-38(19-20-39(36)66-46)65-56(78)85-45-28-48(73)71(6)41-25-35(26-42(81-7)49(41)62)24-33(3)14-12-16-44(82-8)59(80)29-43(84-57(79)70-59)34(4)51-58(45,5)86-51/h12,14,16,18-21,25-27,32,34,37,40,43-45,50-51,80H,9-11,13,15,17,22-24,28-31H2,1-8H3,(H,65,78)(H,67,75)(H,69,72)(H,70,79)(H3,63,64,77)(H,66,68,74)/b16-12+,33-14+/t34-,40+,43+,44-,45+,50+,51+,58+,59+/m1/s1. The highest BCUT2D eigenvalue weighted by atomic mass is 79.9. The Kier molecular flexibility index (Phi) is 25.0. The van der Waals surface area contributed by atoms with Crippen LogP contribution in [-0.2, 0) is 54.1 Å². The predicted octanol–water partition coefficient (Wildman–Crippen LogP) is 7.44. The number of epoxide rings is 1. The molecule has 0 unspecified atom stereocenters. The van der Waals surface area contributed by atoms with Gasteiger partial charge in [0.05, 0.1) is 43.4 Å². The normalized spacial score (nSPS) is 23.9. The van der Waals surface area contributed by atoms with E-state index in [0.717, 1.165) is 11.1 Å². The fourth-order valence-corrected chi connectivity index (χ4v) is 12.1. The number of nitrogens with zero attached hydrogens (tertiary/aromatic N) is 2. The number of urea groups is 1. The molecule has 2 aromatic carbocycles. The fraction of sp³-hybridized carbons (Fsp3) is 0.542. The smallest absolute Gasteiger partial charge is 0.412 e. The number of fused-ring (bicyclic) bond motifs is 6. The van der Waals surface area contributed by atoms with Crippen LogP contribution >= 0.6 is 43.5 Å². The number of alkyl halides is 2. The van der Waals surface area contributed by atoms with Crippen molar-refractivity contribution in [1.29, 1.82) is 0 Å². The maximum Gasteiger partial charge on any atom is 0.412 e. The molecule has 0 radical (unpaired) electrons. The lowest BCUT2D eigenvalue weighted by molar-refractivity contribution is -0.147. The van der Waals surface area contributed by atoms with E-state index in [4.69, 9.17) is 45.8 Å². The number of nitrogens with one attached hydrogen (secondary N) is 6. The van der Waals surface area contributed by atoms with Gasteiger partial charge in [0.25, 0.3) is 0 Å². The first-order chi connectivity index (χ1) is 40.8. The molecular formula is C59H78Br2ClN9O15. The van der Waals surface area contributed by atoms with Crippen molar-refractivity contribution in [1.82, 2.24) is 26.3 Å². The van der Waals surface area contributed by atoms with Crippen LogP contribution in [0.3, 0.4) is 0 Å². The third-order valence-corrected chi connectivity index (χ3v) is 17.2. The summed E-state index contributed by atoms with van der Waals surface area (Å²) < 4.78 is 34.8. The number of pyridine rings is 1. The second-order valence-electron chi connectivity index (χ2n) is 22.2. The Balaban J connectivity index is 1.15. The minimum Gasteiger partial charge on any atom is -0.495 e. The molecule has 0 saturated carbocycles. The molecule has 86 heavy (non-hydrogen) atoms. The zero-order valence-corrected chi connectivity index (χ0v) is 53.4. The number of allylic oxidation sites excluding steroid dienone is 3. The summed E-state index contributed by atoms with van der Waals surface area (Å²) in [7, 11) is 4.43. The van der Waals surface area contributed by atoms with E-state index >= 15 is 0 Å². The van der Waals surface area contributed by atoms with E-state index in [0.29, 0.717) is 58.7 Å². The molecule has 0 aliphatic carbocycles. The number of hydrogen-bond acceptors (Lipinski definition) is 16. The molecule has 4 heterocycles. The number of anilines is 3. The van der Waals surface area contributed by atoms with Gasteiger partial charge in [-0.2, -0.15) is 0 Å². The Morgan fingerprint density at radius 2 is 1.73 bits per heavy atom. The highest BCUT2D eigenvalue weighted by Gasteiger charge is 2.64. The number of primary amides is 1. The first kappa shape index (κ1) is 68.5. The van der Waals surface area contributed by atoms with E-state index in [-0.39, 0.29) is 79.1 Å². The molecule has 3 aromatic rings. The second kappa shape index (κ2) is 31.4. The fourth-order valence-electron chi connectivity index (χ4n) is 10.2. The number of amides is 8. The van der Waals surface area contributed by atoms with E-state index in [2.05, 4.69) is 68.7 Å². The Bertz CT molecular complexity index is 3020. The molecule has 27 heteroatoms. The maximum atomic E-state index is 14.4. The number of aliphatic hydroxyl groups is 1. The number of ether oxygens (including phenoxy) is 6. The van der Waals surface area contributed by atoms with Gasteiger partial charge in [0.2, 0.25) is 23.6 Å². The first-order valence-electron chi connectivity index (χ1n) is 28.3. The monoisotopic (exact) mass is 1350 g/mol. The van der Waals surface area contributed by atoms with Gasteiger partial charge in [0.1, 0.15) is 52.6 Å². The van der Waals surface area contributed by atoms with Gasteiger partial charge in [0.15, 0.2) is 5.72 Å². The predicted molar refractivity (Wildman–Crippen MR) is 329 cm³/mol. The molecule has 24 nitrogen and oxygen atoms in total. The topological polar surface area (TPSA) is 330 Å². The third kappa shape index (κ3) is 18.5. The summed E-state index contributed by atoms with van der Waals surface area (Å²) >= 11 is 13.4. The number of hydrogen-bond donors (Lipinski definition) is 8. The first-order valence-corrected chi connectivity index (χ1v) is 30.9. The zero-order chi connectivity index (χ0) is 63.0. The Hall–Kier alpha value is -6.58. The summed E-state index contributed by atoms with van der Waals surface area (Å²) in [4.78, 5) is 112. The van der Waals surface area contributed by atoms with Gasteiger partial charge in [-0.1, -0.05) is 88.0 Å². The van der Waals surface area contributed by atoms with Crippen molar-refractivity contribution in [2.75, 3.05) is 60.6 Å². The van der Waals surface area contributed by atoms with Crippen LogP contribution in [0.15, 0.2) is 66.3 Å². The summed E-state index contributed by atoms with van der Waals surface area (Å²) in [6.07, 6.45) is 1.49. The highest BCUT2D eigenvalue weighted by Crippen LogP contribution is 2.49. The molecule has 3 aliphatic rings. The maximum absolute atomic E-state index is 14.4. The van der Waals surface area contributed by atoms with Crippen LogP contribution in [0.4, 0.5) is 31.6 Å². The van der Waals surface area contributed by atoms with Gasteiger partial charge >= 0.3 is 24.2 Å². The largest absolute Gasteiger partial charge is 0.495 e. The minimum absolute atomic E-state index is 0.0725. The average Bonchev–Trinajstić information content (AvgIpc) is 1.62. The van der Waals surface area contributed by atoms with E-state index in [1.165, 1.54) is 25.2 Å². The van der Waals surface area contributed by atoms with Crippen molar-refractivity contribution < 1.29 is 71.9 Å². The second-order valence-corrected chi connectivity index (χ2v) is 23.9. The lowest BCUT2D eigenvalue weighted by Crippen LogP contribution is -2.63. The molecule has 470 valence electrons. The van der Waals surface area contributed by atoms with Gasteiger partial charge in [-0.3, -0.25) is 34.6 Å². The molecule has 3 aliphatic heterocycles. The van der Waals surface area contributed by atoms with Gasteiger partial charge in [0, 0.05) is 61.2 Å². The number of methoxy groups -OCH3 is 2. The summed E-state index contributed by atoms with van der Waals surface area (Å²) in [5, 5.41) is 29.6. The minimum atomic E-state index is -1.89. The van der Waals surface area contributed by atoms with Crippen molar-refractivity contribution in [2.24, 2.45) is 23.5 Å². The van der Waals surface area contributed by atoms with Crippen LogP contribution in [0.25, 0.3) is 10.9 Å². The zero-order valence-electron chi connectivity index (χ0n) is 49.4. The van der Waals surface area contributed by atoms with E-state index in [9.17, 15) is 43.5 Å². The van der Waals surface area contributed by atoms with Crippen molar-refractivity contribution >= 4 is 119 Å². The molecule has 8 amide bonds. The molecular weight excluding hydrogens is 1270 g/mol. The van der Waals surface area contributed by atoms with Crippen molar-refractivity contribution in [2.45, 2.75) is 140 Å². The van der Waals surface area contributed by atoms with E-state index < -0.39 is 96.1 Å². The lowest BCUT2D eigenvalue weighted by Gasteiger charge is -2.42. The van der Waals surface area contributed by atoms with Gasteiger partial charge < -0.3 is 65.4 Å². The van der Waals surface area contributed by atoms with Gasteiger partial charge in [-0.05, 0) is 106 Å². The molecule has 2 saturated heterocycles. The molecule has 2 fully saturated rings. The Morgan fingerprint density at radius 3 is 2.42 bits per heavy atom. The van der Waals surface area contributed by atoms with E-state index in [1.54, 1.807) is 83.3 Å². The summed E-state index contributed by atoms with van der Waals surface area (Å²) in [5.41, 5.74) is 4.73. The van der Waals surface area contributed by atoms with Gasteiger partial charge in [-0.25, -0.2) is 19.4 Å². The lowest BCUT2D eigenvalue weighted by atomic mass is 9.83. The Labute approximate surface area is 521 Å². The number of alkyl carbamates (subject to hydrolysis) is 1. The third-order valence-electron chi connectivity index (χ3n) is 15.3. The molecule has 4 bridgehead atoms. The number of nitrogens with two attached hydrogens (primary N) is 1. The number of carbonyl (C=O) groups excluding carboxylic acids is 8. The van der Waals surface area contributed by atoms with Crippen molar-refractivity contribution in [3.05, 3.63) is 76.9 Å². The van der Waals surface area contributed by atoms with Crippen molar-refractivity contribution in [3.8, 4) is 5.75 Å². The van der Waals surface area contributed by atoms with Crippen LogP contribution in [0, 0.1) is 17.8 Å². The summed E-state index contributed by atoms with van der Waals surface area (Å²) in [5.74, 6) is -3.21. The molecule has 6 rings (SSSR count). The van der Waals surface area contributed by atoms with Crippen LogP contribution in [0.2, 0.25) is 5.02 Å². The van der Waals surface area contributed by atoms with E-state index in [1.807, 2.05) is 13.0 Å². The SMILES string of the molecule is COc1cc2cc(c1Cl)N(C)C(=O)C[C@H](OC(=O)Nc1ccc3nc(NC(=O)[C@H](CCCNC(N)=O)NC(=O)[C@@H](NC(=O)CCCCCOC(=O)C(CBr)CBr)C(C)C)ccc3c1)[C@]1(C)O[C@H]1[C@H](C)[C@@H]1C[C@@](O)(NC(=O)O1)[C@H](OC)/C=C/C=C(\C)C2. The summed E-state index contributed by atoms with van der Waals surface area (Å²) in [6, 6.07) is 8.60. The number of carbonyl (C=O) groups is 8. The molecule has 9 atom stereocenters. The molecule has 9 N–H and O–H groups in total. The number of benzene rings is 2. The average molecular weight is 1350 g/mol. The van der Waals surface area contributed by atoms with Crippen LogP contribution in [-0.4, -0.2) is 151 Å². The number of aromatic nitrogens is 1. The van der Waals surface area contributed by atoms with Gasteiger partial charge in [-0.15, -0.1) is 0 Å². The van der Waals surface area contributed by atoms with Crippen LogP contribution in [0.5, 0.6) is 5.75 Å². The quantitative estimate of drug-likeness (QED) is 0.0150. The highest BCUT2D eigenvalue weighted by molar-refractivity contribution is 9.09. The number of halogens is 3. The Morgan fingerprint density at radius 1 is 0.988 bits per heavy atom. The molecule has 1 aromatic heterocycles. The molecule has 0 spiro atoms. The number of unbranched alkanes of at least 4 members (excludes halogenated alkanes) is 2. The van der Waals surface area contributed by atoms with Crippen molar-refractivity contribution in [3.63, 3.8) is 0 Å². The summed E-state index contributed by atoms with van der Waals surface area (Å²) in [6.45, 7) is 9.21. The van der Waals surface area contributed by atoms with Crippen LogP contribution in [0.1, 0.15) is 91.5 Å².